The van der Waals surface area contributed by atoms with Gasteiger partial charge in [-0.25, -0.2) is 4.98 Å². The molecule has 0 bridgehead atoms. The number of ether oxygens (including phenoxy) is 2. The van der Waals surface area contributed by atoms with E-state index in [1.165, 1.54) is 0 Å². The summed E-state index contributed by atoms with van der Waals surface area (Å²) in [6.07, 6.45) is 1.95. The Kier molecular flexibility index (Phi) is 6.57. The molecule has 0 saturated heterocycles. The molecule has 3 N–H and O–H groups in total. The van der Waals surface area contributed by atoms with E-state index in [-0.39, 0.29) is 18.3 Å². The van der Waals surface area contributed by atoms with Gasteiger partial charge in [0.15, 0.2) is 11.5 Å². The first-order valence-corrected chi connectivity index (χ1v) is 8.23. The lowest BCUT2D eigenvalue weighted by atomic mass is 10.3. The fourth-order valence-corrected chi connectivity index (χ4v) is 2.96. The summed E-state index contributed by atoms with van der Waals surface area (Å²) in [4.78, 5) is 16.9. The van der Waals surface area contributed by atoms with Crippen LogP contribution in [-0.2, 0) is 4.79 Å². The predicted molar refractivity (Wildman–Crippen MR) is 97.3 cm³/mol. The van der Waals surface area contributed by atoms with E-state index in [1.807, 2.05) is 18.2 Å². The van der Waals surface area contributed by atoms with E-state index in [1.54, 1.807) is 30.1 Å². The fourth-order valence-electron chi connectivity index (χ4n) is 2.08. The molecule has 0 radical (unpaired) electrons. The number of pyridine rings is 1. The van der Waals surface area contributed by atoms with E-state index in [4.69, 9.17) is 15.2 Å². The van der Waals surface area contributed by atoms with Crippen LogP contribution in [0.4, 0.5) is 11.5 Å². The fraction of sp³-hybridized carbons (Fsp3) is 0.250. The lowest BCUT2D eigenvalue weighted by Gasteiger charge is -2.18. The first-order valence-electron chi connectivity index (χ1n) is 7.24. The summed E-state index contributed by atoms with van der Waals surface area (Å²) in [5.41, 5.74) is 6.15. The Labute approximate surface area is 150 Å². The molecule has 0 fully saturated rings. The second-order valence-electron chi connectivity index (χ2n) is 4.92. The van der Waals surface area contributed by atoms with Gasteiger partial charge in [0.25, 0.3) is 0 Å². The Balaban J connectivity index is 0.00000208. The maximum absolute atomic E-state index is 11.9. The van der Waals surface area contributed by atoms with Crippen LogP contribution in [0.2, 0.25) is 0 Å². The second kappa shape index (κ2) is 8.65. The van der Waals surface area contributed by atoms with Crippen LogP contribution in [0.5, 0.6) is 11.5 Å². The first kappa shape index (κ1) is 18.2. The maximum atomic E-state index is 11.9. The van der Waals surface area contributed by atoms with E-state index >= 15 is 0 Å². The number of carbonyl (C=O) groups excluding carboxylic acids is 1. The van der Waals surface area contributed by atoms with Crippen LogP contribution < -0.4 is 20.5 Å². The lowest BCUT2D eigenvalue weighted by molar-refractivity contribution is -0.115. The van der Waals surface area contributed by atoms with Crippen molar-refractivity contribution in [3.05, 3.63) is 36.5 Å². The van der Waals surface area contributed by atoms with Crippen LogP contribution >= 0.6 is 24.2 Å². The van der Waals surface area contributed by atoms with Crippen LogP contribution in [0.3, 0.4) is 0 Å². The average Bonchev–Trinajstić information content (AvgIpc) is 2.57. The standard InChI is InChI=1S/C16H17N3O3S.ClH/c17-15-4-1-11(10-18-15)19-16(20)5-8-23-12-2-3-13-14(9-12)22-7-6-21-13;/h1-4,9-10H,5-8H2,(H2,17,18)(H,19,20);1H. The number of benzene rings is 1. The van der Waals surface area contributed by atoms with Gasteiger partial charge >= 0.3 is 0 Å². The Bertz CT molecular complexity index is 697. The molecule has 24 heavy (non-hydrogen) atoms. The van der Waals surface area contributed by atoms with Gasteiger partial charge in [0.05, 0.1) is 11.9 Å². The minimum Gasteiger partial charge on any atom is -0.486 e. The molecule has 128 valence electrons. The zero-order valence-electron chi connectivity index (χ0n) is 12.9. The summed E-state index contributed by atoms with van der Waals surface area (Å²) < 4.78 is 11.0. The minimum absolute atomic E-state index is 0. The van der Waals surface area contributed by atoms with Gasteiger partial charge < -0.3 is 20.5 Å². The van der Waals surface area contributed by atoms with Crippen molar-refractivity contribution in [3.63, 3.8) is 0 Å². The number of fused-ring (bicyclic) bond motifs is 1. The van der Waals surface area contributed by atoms with Gasteiger partial charge in [-0.1, -0.05) is 0 Å². The number of carbonyl (C=O) groups is 1. The molecule has 0 unspecified atom stereocenters. The number of thioether (sulfide) groups is 1. The molecule has 1 aliphatic rings. The van der Waals surface area contributed by atoms with Gasteiger partial charge in [0.2, 0.25) is 5.91 Å². The highest BCUT2D eigenvalue weighted by Gasteiger charge is 2.12. The van der Waals surface area contributed by atoms with Crippen molar-refractivity contribution in [2.75, 3.05) is 30.0 Å². The Morgan fingerprint density at radius 3 is 2.75 bits per heavy atom. The van der Waals surface area contributed by atoms with Crippen LogP contribution in [-0.4, -0.2) is 29.9 Å². The number of hydrogen-bond acceptors (Lipinski definition) is 6. The normalized spacial score (nSPS) is 12.2. The largest absolute Gasteiger partial charge is 0.486 e. The van der Waals surface area contributed by atoms with E-state index < -0.39 is 0 Å². The van der Waals surface area contributed by atoms with Crippen molar-refractivity contribution in [2.45, 2.75) is 11.3 Å². The highest BCUT2D eigenvalue weighted by Crippen LogP contribution is 2.34. The molecule has 1 aromatic carbocycles. The molecular formula is C16H18ClN3O3S. The predicted octanol–water partition coefficient (Wildman–Crippen LogP) is 2.98. The van der Waals surface area contributed by atoms with E-state index in [2.05, 4.69) is 10.3 Å². The molecule has 0 atom stereocenters. The highest BCUT2D eigenvalue weighted by molar-refractivity contribution is 7.99. The van der Waals surface area contributed by atoms with Crippen molar-refractivity contribution in [1.82, 2.24) is 4.98 Å². The number of nitrogen functional groups attached to an aromatic ring is 1. The second-order valence-corrected chi connectivity index (χ2v) is 6.09. The summed E-state index contributed by atoms with van der Waals surface area (Å²) in [7, 11) is 0. The maximum Gasteiger partial charge on any atom is 0.225 e. The number of amides is 1. The van der Waals surface area contributed by atoms with Crippen molar-refractivity contribution in [1.29, 1.82) is 0 Å². The Morgan fingerprint density at radius 2 is 2.00 bits per heavy atom. The Hall–Kier alpha value is -2.12. The van der Waals surface area contributed by atoms with E-state index in [0.29, 0.717) is 36.9 Å². The highest BCUT2D eigenvalue weighted by atomic mass is 35.5. The summed E-state index contributed by atoms with van der Waals surface area (Å²) in [6.45, 7) is 1.15. The number of aromatic nitrogens is 1. The summed E-state index contributed by atoms with van der Waals surface area (Å²) in [5, 5.41) is 2.79. The smallest absolute Gasteiger partial charge is 0.225 e. The van der Waals surface area contributed by atoms with Gasteiger partial charge in [0.1, 0.15) is 19.0 Å². The number of halogens is 1. The van der Waals surface area contributed by atoms with Gasteiger partial charge in [-0.3, -0.25) is 4.79 Å². The molecule has 1 aliphatic heterocycles. The number of hydrogen-bond donors (Lipinski definition) is 2. The third kappa shape index (κ3) is 4.94. The molecule has 2 aromatic rings. The summed E-state index contributed by atoms with van der Waals surface area (Å²) in [6, 6.07) is 9.20. The SMILES string of the molecule is Cl.Nc1ccc(NC(=O)CCSc2ccc3c(c2)OCCO3)cn1. The molecule has 1 amide bonds. The van der Waals surface area contributed by atoms with E-state index in [0.717, 1.165) is 16.4 Å². The summed E-state index contributed by atoms with van der Waals surface area (Å²) >= 11 is 1.60. The van der Waals surface area contributed by atoms with Crippen LogP contribution in [0.1, 0.15) is 6.42 Å². The van der Waals surface area contributed by atoms with Crippen LogP contribution in [0, 0.1) is 0 Å². The minimum atomic E-state index is -0.0541. The molecule has 2 heterocycles. The van der Waals surface area contributed by atoms with Gasteiger partial charge in [-0.05, 0) is 30.3 Å². The van der Waals surface area contributed by atoms with Gasteiger partial charge in [-0.15, -0.1) is 24.2 Å². The molecular weight excluding hydrogens is 350 g/mol. The number of anilines is 2. The molecule has 1 aromatic heterocycles. The van der Waals surface area contributed by atoms with Crippen molar-refractivity contribution < 1.29 is 14.3 Å². The molecule has 0 saturated carbocycles. The molecule has 6 nitrogen and oxygen atoms in total. The van der Waals surface area contributed by atoms with Crippen LogP contribution in [0.25, 0.3) is 0 Å². The molecule has 0 spiro atoms. The number of nitrogens with one attached hydrogen (secondary N) is 1. The molecule has 3 rings (SSSR count). The number of nitrogens with two attached hydrogens (primary N) is 1. The van der Waals surface area contributed by atoms with Crippen molar-refractivity contribution in [2.24, 2.45) is 0 Å². The zero-order chi connectivity index (χ0) is 16.1. The van der Waals surface area contributed by atoms with Gasteiger partial charge in [-0.2, -0.15) is 0 Å². The quantitative estimate of drug-likeness (QED) is 0.790. The van der Waals surface area contributed by atoms with Crippen molar-refractivity contribution in [3.8, 4) is 11.5 Å². The van der Waals surface area contributed by atoms with Gasteiger partial charge in [0, 0.05) is 17.1 Å². The third-order valence-corrected chi connectivity index (χ3v) is 4.18. The monoisotopic (exact) mass is 367 g/mol. The van der Waals surface area contributed by atoms with E-state index in [9.17, 15) is 4.79 Å². The van der Waals surface area contributed by atoms with Crippen LogP contribution in [0.15, 0.2) is 41.4 Å². The summed E-state index contributed by atoms with van der Waals surface area (Å²) in [5.74, 6) is 2.58. The topological polar surface area (TPSA) is 86.5 Å². The first-order chi connectivity index (χ1) is 11.2. The zero-order valence-corrected chi connectivity index (χ0v) is 14.5. The Morgan fingerprint density at radius 1 is 1.21 bits per heavy atom. The third-order valence-electron chi connectivity index (χ3n) is 3.18. The number of rotatable bonds is 5. The molecule has 8 heteroatoms. The number of nitrogens with zero attached hydrogens (tertiary/aromatic N) is 1. The lowest BCUT2D eigenvalue weighted by Crippen LogP contribution is -2.15. The molecule has 0 aliphatic carbocycles. The van der Waals surface area contributed by atoms with Crippen molar-refractivity contribution >= 4 is 41.6 Å². The average molecular weight is 368 g/mol.